The van der Waals surface area contributed by atoms with Crippen LogP contribution in [-0.4, -0.2) is 26.1 Å². The summed E-state index contributed by atoms with van der Waals surface area (Å²) in [7, 11) is 0. The standard InChI is InChI=1S/C27H21N5OS/c1-18-9-14-26(29-17-18)30-27(33)22-7-2-3-8-25(22)34-20-11-12-21-23(31-32-24(21)16-20)13-10-19-6-4-5-15-28-19/h2-17H,1H3,(H,31,32)(H,29,30,33)/b13-10+. The Balaban J connectivity index is 1.36. The number of fused-ring (bicyclic) bond motifs is 1. The Morgan fingerprint density at radius 3 is 2.68 bits per heavy atom. The van der Waals surface area contributed by atoms with Crippen molar-refractivity contribution in [3.05, 3.63) is 108 Å². The zero-order valence-electron chi connectivity index (χ0n) is 18.4. The van der Waals surface area contributed by atoms with Crippen molar-refractivity contribution >= 4 is 46.5 Å². The number of hydrogen-bond acceptors (Lipinski definition) is 5. The molecule has 5 rings (SSSR count). The smallest absolute Gasteiger partial charge is 0.257 e. The topological polar surface area (TPSA) is 83.6 Å². The van der Waals surface area contributed by atoms with Crippen molar-refractivity contribution < 1.29 is 4.79 Å². The number of H-pyrrole nitrogens is 1. The van der Waals surface area contributed by atoms with E-state index in [0.717, 1.165) is 37.6 Å². The van der Waals surface area contributed by atoms with Gasteiger partial charge in [0.2, 0.25) is 0 Å². The van der Waals surface area contributed by atoms with Gasteiger partial charge in [0.05, 0.1) is 22.5 Å². The first-order valence-electron chi connectivity index (χ1n) is 10.7. The fraction of sp³-hybridized carbons (Fsp3) is 0.0370. The highest BCUT2D eigenvalue weighted by molar-refractivity contribution is 7.99. The minimum absolute atomic E-state index is 0.191. The van der Waals surface area contributed by atoms with Crippen LogP contribution in [0.4, 0.5) is 5.82 Å². The van der Waals surface area contributed by atoms with Crippen LogP contribution in [0.3, 0.4) is 0 Å². The minimum atomic E-state index is -0.191. The van der Waals surface area contributed by atoms with Crippen LogP contribution in [0.5, 0.6) is 0 Å². The van der Waals surface area contributed by atoms with Crippen LogP contribution in [0.2, 0.25) is 0 Å². The Morgan fingerprint density at radius 2 is 1.85 bits per heavy atom. The third kappa shape index (κ3) is 4.89. The van der Waals surface area contributed by atoms with Crippen LogP contribution in [0.1, 0.15) is 27.3 Å². The lowest BCUT2D eigenvalue weighted by Gasteiger charge is -2.10. The highest BCUT2D eigenvalue weighted by Gasteiger charge is 2.14. The lowest BCUT2D eigenvalue weighted by Crippen LogP contribution is -2.13. The molecule has 0 aliphatic rings. The summed E-state index contributed by atoms with van der Waals surface area (Å²) >= 11 is 1.53. The maximum atomic E-state index is 12.9. The molecular formula is C27H21N5OS. The largest absolute Gasteiger partial charge is 0.307 e. The molecule has 5 aromatic rings. The zero-order valence-corrected chi connectivity index (χ0v) is 19.2. The van der Waals surface area contributed by atoms with Crippen molar-refractivity contribution in [2.75, 3.05) is 5.32 Å². The van der Waals surface area contributed by atoms with Crippen LogP contribution >= 0.6 is 11.8 Å². The molecule has 6 nitrogen and oxygen atoms in total. The Kier molecular flexibility index (Phi) is 6.18. The van der Waals surface area contributed by atoms with E-state index in [1.54, 1.807) is 18.5 Å². The van der Waals surface area contributed by atoms with Gasteiger partial charge < -0.3 is 5.32 Å². The molecule has 2 aromatic carbocycles. The number of anilines is 1. The molecule has 166 valence electrons. The van der Waals surface area contributed by atoms with Gasteiger partial charge in [-0.3, -0.25) is 14.9 Å². The Labute approximate surface area is 201 Å². The molecule has 34 heavy (non-hydrogen) atoms. The Bertz CT molecular complexity index is 1480. The van der Waals surface area contributed by atoms with Crippen molar-refractivity contribution in [3.8, 4) is 0 Å². The van der Waals surface area contributed by atoms with Crippen LogP contribution < -0.4 is 5.32 Å². The summed E-state index contributed by atoms with van der Waals surface area (Å²) < 4.78 is 0. The van der Waals surface area contributed by atoms with Crippen molar-refractivity contribution in [1.29, 1.82) is 0 Å². The van der Waals surface area contributed by atoms with E-state index in [2.05, 4.69) is 25.5 Å². The first kappa shape index (κ1) is 21.6. The van der Waals surface area contributed by atoms with E-state index in [-0.39, 0.29) is 5.91 Å². The van der Waals surface area contributed by atoms with Gasteiger partial charge in [0.25, 0.3) is 5.91 Å². The zero-order chi connectivity index (χ0) is 23.3. The molecule has 0 bridgehead atoms. The Hall–Kier alpha value is -4.23. The number of rotatable bonds is 6. The molecule has 7 heteroatoms. The maximum Gasteiger partial charge on any atom is 0.257 e. The summed E-state index contributed by atoms with van der Waals surface area (Å²) in [4.78, 5) is 23.4. The Morgan fingerprint density at radius 1 is 0.971 bits per heavy atom. The van der Waals surface area contributed by atoms with Gasteiger partial charge in [0, 0.05) is 27.6 Å². The number of pyridine rings is 2. The van der Waals surface area contributed by atoms with E-state index in [1.165, 1.54) is 11.8 Å². The highest BCUT2D eigenvalue weighted by Crippen LogP contribution is 2.33. The third-order valence-corrected chi connectivity index (χ3v) is 6.24. The molecule has 0 radical (unpaired) electrons. The number of carbonyl (C=O) groups excluding carboxylic acids is 1. The fourth-order valence-corrected chi connectivity index (χ4v) is 4.43. The summed E-state index contributed by atoms with van der Waals surface area (Å²) in [5, 5.41) is 11.4. The second kappa shape index (κ2) is 9.72. The van der Waals surface area contributed by atoms with E-state index >= 15 is 0 Å². The van der Waals surface area contributed by atoms with E-state index in [4.69, 9.17) is 0 Å². The third-order valence-electron chi connectivity index (χ3n) is 5.18. The summed E-state index contributed by atoms with van der Waals surface area (Å²) in [6, 6.07) is 23.2. The number of aromatic amines is 1. The molecule has 0 aliphatic heterocycles. The molecule has 0 spiro atoms. The molecule has 3 heterocycles. The molecule has 0 aliphatic carbocycles. The molecular weight excluding hydrogens is 442 g/mol. The lowest BCUT2D eigenvalue weighted by atomic mass is 10.2. The van der Waals surface area contributed by atoms with Gasteiger partial charge in [-0.15, -0.1) is 0 Å². The average Bonchev–Trinajstić information content (AvgIpc) is 3.27. The van der Waals surface area contributed by atoms with E-state index in [0.29, 0.717) is 11.4 Å². The quantitative estimate of drug-likeness (QED) is 0.312. The summed E-state index contributed by atoms with van der Waals surface area (Å²) in [6.45, 7) is 1.96. The number of carbonyl (C=O) groups is 1. The average molecular weight is 464 g/mol. The number of benzene rings is 2. The van der Waals surface area contributed by atoms with E-state index in [9.17, 15) is 4.79 Å². The molecule has 1 amide bonds. The van der Waals surface area contributed by atoms with Crippen LogP contribution in [0.25, 0.3) is 23.1 Å². The number of aryl methyl sites for hydroxylation is 1. The number of amides is 1. The minimum Gasteiger partial charge on any atom is -0.307 e. The molecule has 0 unspecified atom stereocenters. The maximum absolute atomic E-state index is 12.9. The molecule has 0 fully saturated rings. The van der Waals surface area contributed by atoms with Gasteiger partial charge >= 0.3 is 0 Å². The van der Waals surface area contributed by atoms with Crippen molar-refractivity contribution in [3.63, 3.8) is 0 Å². The van der Waals surface area contributed by atoms with Gasteiger partial charge in [0.15, 0.2) is 0 Å². The van der Waals surface area contributed by atoms with Crippen LogP contribution in [0.15, 0.2) is 95.0 Å². The molecule has 3 aromatic heterocycles. The first-order chi connectivity index (χ1) is 16.7. The molecule has 0 saturated carbocycles. The summed E-state index contributed by atoms with van der Waals surface area (Å²) in [6.07, 6.45) is 7.39. The number of nitrogens with one attached hydrogen (secondary N) is 2. The van der Waals surface area contributed by atoms with E-state index in [1.807, 2.05) is 85.8 Å². The SMILES string of the molecule is Cc1ccc(NC(=O)c2ccccc2Sc2ccc3c(/C=C/c4ccccn4)n[nH]c3c2)nc1. The van der Waals surface area contributed by atoms with Crippen molar-refractivity contribution in [2.24, 2.45) is 0 Å². The summed E-state index contributed by atoms with van der Waals surface area (Å²) in [5.41, 5.74) is 4.29. The van der Waals surface area contributed by atoms with Gasteiger partial charge in [-0.25, -0.2) is 4.98 Å². The van der Waals surface area contributed by atoms with E-state index < -0.39 is 0 Å². The fourth-order valence-electron chi connectivity index (χ4n) is 3.44. The number of nitrogens with zero attached hydrogens (tertiary/aromatic N) is 3. The van der Waals surface area contributed by atoms with Crippen molar-refractivity contribution in [1.82, 2.24) is 20.2 Å². The van der Waals surface area contributed by atoms with Gasteiger partial charge in [-0.1, -0.05) is 36.0 Å². The molecule has 0 atom stereocenters. The lowest BCUT2D eigenvalue weighted by molar-refractivity contribution is 0.102. The second-order valence-corrected chi connectivity index (χ2v) is 8.79. The van der Waals surface area contributed by atoms with Crippen LogP contribution in [0, 0.1) is 6.92 Å². The number of hydrogen-bond donors (Lipinski definition) is 2. The monoisotopic (exact) mass is 463 g/mol. The predicted molar refractivity (Wildman–Crippen MR) is 137 cm³/mol. The highest BCUT2D eigenvalue weighted by atomic mass is 32.2. The van der Waals surface area contributed by atoms with Gasteiger partial charge in [0.1, 0.15) is 5.82 Å². The number of aromatic nitrogens is 4. The van der Waals surface area contributed by atoms with Gasteiger partial charge in [-0.2, -0.15) is 5.10 Å². The summed E-state index contributed by atoms with van der Waals surface area (Å²) in [5.74, 6) is 0.338. The predicted octanol–water partition coefficient (Wildman–Crippen LogP) is 6.24. The molecule has 0 saturated heterocycles. The van der Waals surface area contributed by atoms with Crippen LogP contribution in [-0.2, 0) is 0 Å². The first-order valence-corrected chi connectivity index (χ1v) is 11.6. The van der Waals surface area contributed by atoms with Gasteiger partial charge in [-0.05, 0) is 73.2 Å². The van der Waals surface area contributed by atoms with Crippen molar-refractivity contribution in [2.45, 2.75) is 16.7 Å². The molecule has 2 N–H and O–H groups in total. The normalized spacial score (nSPS) is 11.2. The second-order valence-electron chi connectivity index (χ2n) is 7.68.